The summed E-state index contributed by atoms with van der Waals surface area (Å²) in [6.45, 7) is 2.26. The average molecular weight is 237 g/mol. The first kappa shape index (κ1) is 10.9. The van der Waals surface area contributed by atoms with E-state index in [-0.39, 0.29) is 12.4 Å². The predicted molar refractivity (Wildman–Crippen MR) is 59.3 cm³/mol. The molecule has 2 heterocycles. The first-order chi connectivity index (χ1) is 7.79. The average Bonchev–Trinajstić information content (AvgIpc) is 2.96. The third-order valence-electron chi connectivity index (χ3n) is 2.00. The van der Waals surface area contributed by atoms with Gasteiger partial charge in [-0.2, -0.15) is 0 Å². The van der Waals surface area contributed by atoms with Gasteiger partial charge in [-0.25, -0.2) is 9.78 Å². The lowest BCUT2D eigenvalue weighted by Crippen LogP contribution is -2.03. The number of furan rings is 1. The van der Waals surface area contributed by atoms with E-state index in [1.165, 1.54) is 11.1 Å². The minimum Gasteiger partial charge on any atom is -0.457 e. The van der Waals surface area contributed by atoms with Crippen molar-refractivity contribution in [2.75, 3.05) is 0 Å². The number of hydrogen-bond donors (Lipinski definition) is 0. The molecule has 0 N–H and O–H groups in total. The second kappa shape index (κ2) is 4.94. The van der Waals surface area contributed by atoms with Crippen molar-refractivity contribution in [2.45, 2.75) is 20.0 Å². The molecule has 0 fully saturated rings. The van der Waals surface area contributed by atoms with Crippen LogP contribution in [0.25, 0.3) is 0 Å². The summed E-state index contributed by atoms with van der Waals surface area (Å²) in [5, 5.41) is 0.803. The van der Waals surface area contributed by atoms with Gasteiger partial charge in [0.1, 0.15) is 11.6 Å². The maximum Gasteiger partial charge on any atom is 0.374 e. The van der Waals surface area contributed by atoms with Gasteiger partial charge in [-0.3, -0.25) is 0 Å². The molecule has 16 heavy (non-hydrogen) atoms. The second-order valence-electron chi connectivity index (χ2n) is 3.13. The van der Waals surface area contributed by atoms with E-state index < -0.39 is 5.97 Å². The van der Waals surface area contributed by atoms with Gasteiger partial charge in [0.05, 0.1) is 6.26 Å². The summed E-state index contributed by atoms with van der Waals surface area (Å²) < 4.78 is 9.96. The fraction of sp³-hybridized carbons (Fsp3) is 0.273. The van der Waals surface area contributed by atoms with E-state index in [0.29, 0.717) is 0 Å². The van der Waals surface area contributed by atoms with Crippen molar-refractivity contribution < 1.29 is 13.9 Å². The van der Waals surface area contributed by atoms with Crippen LogP contribution >= 0.6 is 11.3 Å². The molecule has 0 unspecified atom stereocenters. The molecule has 2 rings (SSSR count). The number of carbonyl (C=O) groups is 1. The lowest BCUT2D eigenvalue weighted by atomic mass is 10.4. The van der Waals surface area contributed by atoms with Crippen molar-refractivity contribution in [3.63, 3.8) is 0 Å². The van der Waals surface area contributed by atoms with Crippen molar-refractivity contribution in [2.24, 2.45) is 0 Å². The van der Waals surface area contributed by atoms with E-state index in [2.05, 4.69) is 11.9 Å². The van der Waals surface area contributed by atoms with Crippen LogP contribution in [0, 0.1) is 0 Å². The van der Waals surface area contributed by atoms with Crippen LogP contribution in [0.4, 0.5) is 0 Å². The summed E-state index contributed by atoms with van der Waals surface area (Å²) >= 11 is 1.55. The molecular weight excluding hydrogens is 226 g/mol. The number of nitrogens with zero attached hydrogens (tertiary/aromatic N) is 1. The van der Waals surface area contributed by atoms with Crippen LogP contribution in [0.3, 0.4) is 0 Å². The minimum atomic E-state index is -0.460. The highest BCUT2D eigenvalue weighted by atomic mass is 32.1. The van der Waals surface area contributed by atoms with Gasteiger partial charge in [-0.15, -0.1) is 11.3 Å². The Hall–Kier alpha value is -1.62. The Morgan fingerprint density at radius 1 is 1.62 bits per heavy atom. The van der Waals surface area contributed by atoms with Crippen LogP contribution < -0.4 is 0 Å². The molecule has 2 aromatic rings. The number of aryl methyl sites for hydroxylation is 1. The Labute approximate surface area is 96.9 Å². The molecule has 0 bridgehead atoms. The molecule has 0 aromatic carbocycles. The highest BCUT2D eigenvalue weighted by molar-refractivity contribution is 7.11. The van der Waals surface area contributed by atoms with E-state index in [9.17, 15) is 4.79 Å². The zero-order chi connectivity index (χ0) is 11.4. The van der Waals surface area contributed by atoms with Crippen molar-refractivity contribution in [3.05, 3.63) is 40.2 Å². The van der Waals surface area contributed by atoms with Crippen LogP contribution in [0.15, 0.2) is 29.0 Å². The van der Waals surface area contributed by atoms with Gasteiger partial charge < -0.3 is 9.15 Å². The van der Waals surface area contributed by atoms with Crippen molar-refractivity contribution in [3.8, 4) is 0 Å². The Morgan fingerprint density at radius 2 is 2.50 bits per heavy atom. The van der Waals surface area contributed by atoms with Gasteiger partial charge in [-0.05, 0) is 18.6 Å². The molecule has 5 heteroatoms. The number of rotatable bonds is 4. The number of ether oxygens (including phenoxy) is 1. The fourth-order valence-electron chi connectivity index (χ4n) is 1.17. The summed E-state index contributed by atoms with van der Waals surface area (Å²) in [6.07, 6.45) is 4.19. The van der Waals surface area contributed by atoms with Crippen LogP contribution in [-0.2, 0) is 17.8 Å². The Kier molecular flexibility index (Phi) is 3.36. The Balaban J connectivity index is 1.90. The summed E-state index contributed by atoms with van der Waals surface area (Å²) in [5.41, 5.74) is 0. The van der Waals surface area contributed by atoms with Gasteiger partial charge >= 0.3 is 5.97 Å². The molecule has 0 aliphatic rings. The number of aromatic nitrogens is 1. The first-order valence-corrected chi connectivity index (χ1v) is 5.75. The van der Waals surface area contributed by atoms with E-state index in [0.717, 1.165) is 11.4 Å². The minimum absolute atomic E-state index is 0.199. The van der Waals surface area contributed by atoms with Gasteiger partial charge in [0.2, 0.25) is 5.76 Å². The monoisotopic (exact) mass is 237 g/mol. The van der Waals surface area contributed by atoms with Gasteiger partial charge in [0.15, 0.2) is 0 Å². The van der Waals surface area contributed by atoms with E-state index >= 15 is 0 Å². The summed E-state index contributed by atoms with van der Waals surface area (Å²) in [4.78, 5) is 16.8. The molecule has 0 radical (unpaired) electrons. The Bertz CT molecular complexity index is 461. The van der Waals surface area contributed by atoms with E-state index in [1.54, 1.807) is 29.7 Å². The normalized spacial score (nSPS) is 10.3. The summed E-state index contributed by atoms with van der Waals surface area (Å²) in [6, 6.07) is 3.22. The lowest BCUT2D eigenvalue weighted by molar-refractivity contribution is 0.0436. The summed E-state index contributed by atoms with van der Waals surface area (Å²) in [5.74, 6) is -0.245. The number of carbonyl (C=O) groups excluding carboxylic acids is 1. The van der Waals surface area contributed by atoms with Crippen molar-refractivity contribution >= 4 is 17.3 Å². The van der Waals surface area contributed by atoms with Crippen LogP contribution in [0.2, 0.25) is 0 Å². The van der Waals surface area contributed by atoms with Crippen LogP contribution in [0.5, 0.6) is 0 Å². The zero-order valence-corrected chi connectivity index (χ0v) is 9.62. The smallest absolute Gasteiger partial charge is 0.374 e. The van der Waals surface area contributed by atoms with Crippen molar-refractivity contribution in [1.82, 2.24) is 4.98 Å². The van der Waals surface area contributed by atoms with Gasteiger partial charge in [-0.1, -0.05) is 6.92 Å². The largest absolute Gasteiger partial charge is 0.457 e. The molecule has 0 saturated carbocycles. The number of thiazole rings is 1. The first-order valence-electron chi connectivity index (χ1n) is 4.94. The molecule has 0 aliphatic carbocycles. The molecule has 0 saturated heterocycles. The molecule has 84 valence electrons. The topological polar surface area (TPSA) is 52.3 Å². The highest BCUT2D eigenvalue weighted by Crippen LogP contribution is 2.15. The molecule has 0 amide bonds. The number of hydrogen-bond acceptors (Lipinski definition) is 5. The Morgan fingerprint density at radius 3 is 3.12 bits per heavy atom. The van der Waals surface area contributed by atoms with Crippen molar-refractivity contribution in [1.29, 1.82) is 0 Å². The summed E-state index contributed by atoms with van der Waals surface area (Å²) in [7, 11) is 0. The maximum absolute atomic E-state index is 11.4. The lowest BCUT2D eigenvalue weighted by Gasteiger charge is -1.98. The molecular formula is C11H11NO3S. The van der Waals surface area contributed by atoms with Gasteiger partial charge in [0.25, 0.3) is 0 Å². The molecule has 4 nitrogen and oxygen atoms in total. The SMILES string of the molecule is CCc1cnc(COC(=O)c2ccco2)s1. The molecule has 0 aliphatic heterocycles. The van der Waals surface area contributed by atoms with E-state index in [4.69, 9.17) is 9.15 Å². The third-order valence-corrected chi connectivity index (χ3v) is 3.11. The van der Waals surface area contributed by atoms with Crippen LogP contribution in [-0.4, -0.2) is 11.0 Å². The second-order valence-corrected chi connectivity index (χ2v) is 4.33. The molecule has 2 aromatic heterocycles. The zero-order valence-electron chi connectivity index (χ0n) is 8.80. The van der Waals surface area contributed by atoms with Crippen LogP contribution in [0.1, 0.15) is 27.4 Å². The quantitative estimate of drug-likeness (QED) is 0.767. The molecule has 0 spiro atoms. The predicted octanol–water partition coefficient (Wildman–Crippen LogP) is 2.66. The highest BCUT2D eigenvalue weighted by Gasteiger charge is 2.11. The van der Waals surface area contributed by atoms with Gasteiger partial charge in [0, 0.05) is 11.1 Å². The maximum atomic E-state index is 11.4. The fourth-order valence-corrected chi connectivity index (χ4v) is 1.95. The third kappa shape index (κ3) is 2.49. The standard InChI is InChI=1S/C11H11NO3S/c1-2-8-6-12-10(16-8)7-15-11(13)9-4-3-5-14-9/h3-6H,2,7H2,1H3. The number of esters is 1. The molecule has 0 atom stereocenters. The van der Waals surface area contributed by atoms with E-state index in [1.807, 2.05) is 0 Å².